The Hall–Kier alpha value is -1.78. The fourth-order valence-corrected chi connectivity index (χ4v) is 2.86. The summed E-state index contributed by atoms with van der Waals surface area (Å²) in [5, 5.41) is 12.2. The molecular formula is C14H21N3O3S. The molecule has 6 nitrogen and oxygen atoms in total. The second-order valence-electron chi connectivity index (χ2n) is 4.56. The van der Waals surface area contributed by atoms with Gasteiger partial charge in [0.2, 0.25) is 10.0 Å². The van der Waals surface area contributed by atoms with Crippen LogP contribution in [0.25, 0.3) is 0 Å². The lowest BCUT2D eigenvalue weighted by atomic mass is 10.2. The van der Waals surface area contributed by atoms with Gasteiger partial charge in [0.25, 0.3) is 0 Å². The summed E-state index contributed by atoms with van der Waals surface area (Å²) >= 11 is 0. The Morgan fingerprint density at radius 1 is 1.43 bits per heavy atom. The maximum absolute atomic E-state index is 11.5. The Balaban J connectivity index is 2.58. The summed E-state index contributed by atoms with van der Waals surface area (Å²) in [4.78, 5) is 0. The number of ether oxygens (including phenoxy) is 1. The van der Waals surface area contributed by atoms with Crippen molar-refractivity contribution in [3.8, 4) is 11.8 Å². The van der Waals surface area contributed by atoms with Crippen molar-refractivity contribution >= 4 is 15.7 Å². The number of anilines is 1. The second kappa shape index (κ2) is 7.86. The number of nitrogens with one attached hydrogen (secondary N) is 1. The summed E-state index contributed by atoms with van der Waals surface area (Å²) in [6, 6.07) is 7.28. The maximum atomic E-state index is 11.5. The van der Waals surface area contributed by atoms with Crippen molar-refractivity contribution in [3.05, 3.63) is 23.8 Å². The number of nitrogens with zero attached hydrogens (tertiary/aromatic N) is 2. The van der Waals surface area contributed by atoms with Crippen LogP contribution < -0.4 is 10.1 Å². The fourth-order valence-electron chi connectivity index (χ4n) is 1.93. The highest BCUT2D eigenvalue weighted by atomic mass is 32.2. The van der Waals surface area contributed by atoms with E-state index in [-0.39, 0.29) is 0 Å². The summed E-state index contributed by atoms with van der Waals surface area (Å²) in [5.41, 5.74) is 1.23. The normalized spacial score (nSPS) is 11.2. The molecule has 0 saturated carbocycles. The number of hydrogen-bond acceptors (Lipinski definition) is 5. The van der Waals surface area contributed by atoms with Crippen molar-refractivity contribution in [1.29, 1.82) is 5.26 Å². The van der Waals surface area contributed by atoms with Gasteiger partial charge in [-0.05, 0) is 18.6 Å². The van der Waals surface area contributed by atoms with Crippen molar-refractivity contribution in [2.45, 2.75) is 13.3 Å². The molecule has 0 radical (unpaired) electrons. The van der Waals surface area contributed by atoms with Crippen molar-refractivity contribution < 1.29 is 13.2 Å². The number of sulfonamides is 1. The molecule has 0 aliphatic rings. The average molecular weight is 311 g/mol. The monoisotopic (exact) mass is 311 g/mol. The van der Waals surface area contributed by atoms with Crippen LogP contribution in [0.3, 0.4) is 0 Å². The molecule has 0 heterocycles. The second-order valence-corrected chi connectivity index (χ2v) is 6.54. The minimum atomic E-state index is -3.15. The Morgan fingerprint density at radius 2 is 2.14 bits per heavy atom. The lowest BCUT2D eigenvalue weighted by Gasteiger charge is -2.18. The summed E-state index contributed by atoms with van der Waals surface area (Å²) < 4.78 is 29.5. The minimum absolute atomic E-state index is 0.453. The molecule has 1 N–H and O–H groups in total. The topological polar surface area (TPSA) is 82.4 Å². The predicted octanol–water partition coefficient (Wildman–Crippen LogP) is 1.65. The van der Waals surface area contributed by atoms with Crippen LogP contribution in [0.5, 0.6) is 5.75 Å². The first-order chi connectivity index (χ1) is 9.92. The molecule has 0 saturated heterocycles. The minimum Gasteiger partial charge on any atom is -0.497 e. The number of methoxy groups -OCH3 is 1. The van der Waals surface area contributed by atoms with E-state index in [1.54, 1.807) is 25.3 Å². The van der Waals surface area contributed by atoms with E-state index in [2.05, 4.69) is 11.4 Å². The van der Waals surface area contributed by atoms with E-state index in [1.807, 2.05) is 6.92 Å². The van der Waals surface area contributed by atoms with Crippen molar-refractivity contribution in [1.82, 2.24) is 4.31 Å². The first-order valence-electron chi connectivity index (χ1n) is 6.69. The van der Waals surface area contributed by atoms with Gasteiger partial charge in [-0.15, -0.1) is 0 Å². The molecule has 0 amide bonds. The van der Waals surface area contributed by atoms with Crippen LogP contribution >= 0.6 is 0 Å². The van der Waals surface area contributed by atoms with Gasteiger partial charge in [0.05, 0.1) is 24.6 Å². The lowest BCUT2D eigenvalue weighted by Crippen LogP contribution is -2.31. The van der Waals surface area contributed by atoms with Crippen LogP contribution in [0.1, 0.15) is 18.9 Å². The molecule has 0 spiro atoms. The Labute approximate surface area is 126 Å². The zero-order valence-electron chi connectivity index (χ0n) is 12.6. The third-order valence-electron chi connectivity index (χ3n) is 3.07. The number of benzene rings is 1. The largest absolute Gasteiger partial charge is 0.497 e. The maximum Gasteiger partial charge on any atom is 0.211 e. The molecule has 0 bridgehead atoms. The molecule has 1 rings (SSSR count). The van der Waals surface area contributed by atoms with Gasteiger partial charge in [0.1, 0.15) is 11.8 Å². The highest BCUT2D eigenvalue weighted by Gasteiger charge is 2.13. The van der Waals surface area contributed by atoms with E-state index in [1.165, 1.54) is 10.6 Å². The molecule has 0 aromatic heterocycles. The molecule has 0 atom stereocenters. The molecule has 116 valence electrons. The summed E-state index contributed by atoms with van der Waals surface area (Å²) in [6.45, 7) is 3.30. The zero-order chi connectivity index (χ0) is 15.9. The molecule has 0 aliphatic carbocycles. The Bertz CT molecular complexity index is 608. The number of hydrogen-bond donors (Lipinski definition) is 1. The summed E-state index contributed by atoms with van der Waals surface area (Å²) in [5.74, 6) is 0.669. The number of rotatable bonds is 8. The zero-order valence-corrected chi connectivity index (χ0v) is 13.4. The van der Waals surface area contributed by atoms with Crippen LogP contribution in [0, 0.1) is 11.3 Å². The third-order valence-corrected chi connectivity index (χ3v) is 4.45. The van der Waals surface area contributed by atoms with Crippen LogP contribution in [-0.2, 0) is 10.0 Å². The molecule has 21 heavy (non-hydrogen) atoms. The van der Waals surface area contributed by atoms with Gasteiger partial charge in [0, 0.05) is 25.7 Å². The van der Waals surface area contributed by atoms with Crippen LogP contribution in [0.2, 0.25) is 0 Å². The van der Waals surface area contributed by atoms with E-state index in [0.29, 0.717) is 43.1 Å². The van der Waals surface area contributed by atoms with Gasteiger partial charge in [-0.1, -0.05) is 6.92 Å². The van der Waals surface area contributed by atoms with Gasteiger partial charge in [-0.3, -0.25) is 0 Å². The van der Waals surface area contributed by atoms with Gasteiger partial charge >= 0.3 is 0 Å². The molecule has 0 unspecified atom stereocenters. The first-order valence-corrected chi connectivity index (χ1v) is 8.54. The Kier molecular flexibility index (Phi) is 6.46. The average Bonchev–Trinajstić information content (AvgIpc) is 2.45. The van der Waals surface area contributed by atoms with E-state index < -0.39 is 10.0 Å². The molecule has 1 aromatic rings. The van der Waals surface area contributed by atoms with E-state index in [9.17, 15) is 8.42 Å². The van der Waals surface area contributed by atoms with Gasteiger partial charge in [-0.2, -0.15) is 5.26 Å². The fraction of sp³-hybridized carbons (Fsp3) is 0.500. The lowest BCUT2D eigenvalue weighted by molar-refractivity contribution is 0.415. The molecule has 7 heteroatoms. The van der Waals surface area contributed by atoms with Gasteiger partial charge in [0.15, 0.2) is 0 Å². The predicted molar refractivity (Wildman–Crippen MR) is 82.9 cm³/mol. The molecular weight excluding hydrogens is 290 g/mol. The van der Waals surface area contributed by atoms with Crippen molar-refractivity contribution in [2.75, 3.05) is 38.3 Å². The van der Waals surface area contributed by atoms with Gasteiger partial charge in [-0.25, -0.2) is 12.7 Å². The van der Waals surface area contributed by atoms with Crippen molar-refractivity contribution in [3.63, 3.8) is 0 Å². The van der Waals surface area contributed by atoms with E-state index >= 15 is 0 Å². The molecule has 0 fully saturated rings. The highest BCUT2D eigenvalue weighted by molar-refractivity contribution is 7.88. The van der Waals surface area contributed by atoms with Crippen LogP contribution in [0.15, 0.2) is 18.2 Å². The van der Waals surface area contributed by atoms with E-state index in [4.69, 9.17) is 10.00 Å². The SMILES string of the molecule is CCN(CCCNc1cc(OC)ccc1C#N)S(C)(=O)=O. The van der Waals surface area contributed by atoms with Gasteiger partial charge < -0.3 is 10.1 Å². The molecule has 0 aliphatic heterocycles. The summed E-state index contributed by atoms with van der Waals surface area (Å²) in [6.07, 6.45) is 1.86. The third kappa shape index (κ3) is 5.25. The van der Waals surface area contributed by atoms with Crippen LogP contribution in [-0.4, -0.2) is 45.7 Å². The smallest absolute Gasteiger partial charge is 0.211 e. The Morgan fingerprint density at radius 3 is 2.67 bits per heavy atom. The number of nitriles is 1. The summed E-state index contributed by atoms with van der Waals surface area (Å²) in [7, 11) is -1.58. The van der Waals surface area contributed by atoms with Crippen LogP contribution in [0.4, 0.5) is 5.69 Å². The molecule has 1 aromatic carbocycles. The van der Waals surface area contributed by atoms with Crippen molar-refractivity contribution in [2.24, 2.45) is 0 Å². The highest BCUT2D eigenvalue weighted by Crippen LogP contribution is 2.21. The first kappa shape index (κ1) is 17.3. The van der Waals surface area contributed by atoms with E-state index in [0.717, 1.165) is 0 Å². The standard InChI is InChI=1S/C14H21N3O3S/c1-4-17(21(3,18)19)9-5-8-16-14-10-13(20-2)7-6-12(14)11-15/h6-7,10,16H,4-5,8-9H2,1-3H3. The quantitative estimate of drug-likeness (QED) is 0.738.